The number of aromatic nitrogens is 3. The van der Waals surface area contributed by atoms with E-state index < -0.39 is 15.9 Å². The maximum Gasteiger partial charge on any atom is 0.264 e. The van der Waals surface area contributed by atoms with E-state index in [0.29, 0.717) is 12.2 Å². The van der Waals surface area contributed by atoms with Crippen molar-refractivity contribution in [2.24, 2.45) is 0 Å². The topological polar surface area (TPSA) is 97.2 Å². The molecule has 0 bridgehead atoms. The van der Waals surface area contributed by atoms with Crippen molar-refractivity contribution in [3.05, 3.63) is 102 Å². The van der Waals surface area contributed by atoms with Gasteiger partial charge in [-0.2, -0.15) is 0 Å². The van der Waals surface area contributed by atoms with E-state index in [1.54, 1.807) is 48.0 Å². The minimum absolute atomic E-state index is 0.0309. The van der Waals surface area contributed by atoms with E-state index in [2.05, 4.69) is 15.4 Å². The Bertz CT molecular complexity index is 1340. The minimum Gasteiger partial charge on any atom is -0.289 e. The molecule has 0 unspecified atom stereocenters. The summed E-state index contributed by atoms with van der Waals surface area (Å²) >= 11 is 0. The number of carbonyl (C=O) groups is 1. The first-order valence-electron chi connectivity index (χ1n) is 10.4. The molecule has 4 rings (SSSR count). The first-order chi connectivity index (χ1) is 16.0. The number of nitrogens with zero attached hydrogens (tertiary/aromatic N) is 4. The molecule has 0 fully saturated rings. The molecule has 3 aromatic carbocycles. The van der Waals surface area contributed by atoms with Gasteiger partial charge in [-0.1, -0.05) is 54.6 Å². The van der Waals surface area contributed by atoms with Crippen LogP contribution < -0.4 is 9.62 Å². The second-order valence-corrected chi connectivity index (χ2v) is 9.10. The highest BCUT2D eigenvalue weighted by molar-refractivity contribution is 7.92. The van der Waals surface area contributed by atoms with Crippen molar-refractivity contribution in [1.82, 2.24) is 14.8 Å². The van der Waals surface area contributed by atoms with Crippen LogP contribution in [0.25, 0.3) is 0 Å². The molecular formula is C24H23N5O3S. The third-order valence-corrected chi connectivity index (χ3v) is 6.86. The van der Waals surface area contributed by atoms with Gasteiger partial charge in [0.15, 0.2) is 0 Å². The molecule has 0 saturated heterocycles. The third kappa shape index (κ3) is 5.09. The maximum absolute atomic E-state index is 13.2. The number of amides is 1. The molecule has 0 aliphatic carbocycles. The van der Waals surface area contributed by atoms with E-state index in [1.165, 1.54) is 22.8 Å². The average Bonchev–Trinajstić information content (AvgIpc) is 3.27. The summed E-state index contributed by atoms with van der Waals surface area (Å²) < 4.78 is 29.4. The van der Waals surface area contributed by atoms with Gasteiger partial charge in [0.1, 0.15) is 6.33 Å². The summed E-state index contributed by atoms with van der Waals surface area (Å²) in [6.07, 6.45) is 1.53. The normalized spacial score (nSPS) is 11.2. The number of benzene rings is 3. The fourth-order valence-electron chi connectivity index (χ4n) is 3.38. The number of rotatable bonds is 8. The number of nitrogens with one attached hydrogen (secondary N) is 1. The monoisotopic (exact) mass is 461 g/mol. The summed E-state index contributed by atoms with van der Waals surface area (Å²) in [6.45, 7) is 2.54. The second-order valence-electron chi connectivity index (χ2n) is 7.24. The number of anilines is 2. The maximum atomic E-state index is 13.2. The smallest absolute Gasteiger partial charge is 0.264 e. The Morgan fingerprint density at radius 3 is 2.36 bits per heavy atom. The molecule has 0 radical (unpaired) electrons. The molecule has 9 heteroatoms. The summed E-state index contributed by atoms with van der Waals surface area (Å²) in [5.41, 5.74) is 1.81. The Balaban J connectivity index is 1.51. The third-order valence-electron chi connectivity index (χ3n) is 4.96. The molecule has 8 nitrogen and oxygen atoms in total. The lowest BCUT2D eigenvalue weighted by molar-refractivity contribution is 0.102. The Morgan fingerprint density at radius 2 is 1.67 bits per heavy atom. The molecular weight excluding hydrogens is 438 g/mol. The van der Waals surface area contributed by atoms with E-state index in [0.717, 1.165) is 5.56 Å². The van der Waals surface area contributed by atoms with E-state index >= 15 is 0 Å². The molecule has 1 heterocycles. The molecule has 0 aliphatic rings. The van der Waals surface area contributed by atoms with Crippen LogP contribution in [0.2, 0.25) is 0 Å². The van der Waals surface area contributed by atoms with E-state index in [9.17, 15) is 13.2 Å². The Kier molecular flexibility index (Phi) is 6.50. The summed E-state index contributed by atoms with van der Waals surface area (Å²) in [4.78, 5) is 16.9. The molecule has 168 valence electrons. The predicted octanol–water partition coefficient (Wildman–Crippen LogP) is 3.79. The van der Waals surface area contributed by atoms with Gasteiger partial charge in [0.25, 0.3) is 15.9 Å². The van der Waals surface area contributed by atoms with Crippen molar-refractivity contribution in [1.29, 1.82) is 0 Å². The lowest BCUT2D eigenvalue weighted by atomic mass is 10.2. The van der Waals surface area contributed by atoms with Crippen molar-refractivity contribution in [2.75, 3.05) is 16.2 Å². The summed E-state index contributed by atoms with van der Waals surface area (Å²) in [6, 6.07) is 24.5. The zero-order valence-corrected chi connectivity index (χ0v) is 18.8. The fourth-order valence-corrected chi connectivity index (χ4v) is 4.90. The molecule has 1 aromatic heterocycles. The van der Waals surface area contributed by atoms with Gasteiger partial charge in [-0.25, -0.2) is 18.1 Å². The van der Waals surface area contributed by atoms with Gasteiger partial charge in [0.05, 0.1) is 17.1 Å². The zero-order chi connectivity index (χ0) is 23.3. The Morgan fingerprint density at radius 1 is 0.970 bits per heavy atom. The molecule has 1 N–H and O–H groups in total. The average molecular weight is 462 g/mol. The number of hydrogen-bond acceptors (Lipinski definition) is 5. The van der Waals surface area contributed by atoms with Crippen molar-refractivity contribution in [3.8, 4) is 0 Å². The quantitative estimate of drug-likeness (QED) is 0.431. The van der Waals surface area contributed by atoms with Gasteiger partial charge < -0.3 is 0 Å². The summed E-state index contributed by atoms with van der Waals surface area (Å²) in [7, 11) is -3.85. The zero-order valence-electron chi connectivity index (χ0n) is 18.0. The summed E-state index contributed by atoms with van der Waals surface area (Å²) in [5.74, 6) is -0.351. The largest absolute Gasteiger partial charge is 0.289 e. The van der Waals surface area contributed by atoms with Crippen molar-refractivity contribution in [3.63, 3.8) is 0 Å². The molecule has 4 aromatic rings. The second kappa shape index (κ2) is 9.66. The Labute approximate surface area is 192 Å². The Hall–Kier alpha value is -3.98. The van der Waals surface area contributed by atoms with Gasteiger partial charge in [-0.3, -0.25) is 14.4 Å². The molecule has 0 atom stereocenters. The fraction of sp³-hybridized carbons (Fsp3) is 0.125. The van der Waals surface area contributed by atoms with Crippen LogP contribution in [-0.2, 0) is 16.6 Å². The molecule has 33 heavy (non-hydrogen) atoms. The highest BCUT2D eigenvalue weighted by Gasteiger charge is 2.24. The highest BCUT2D eigenvalue weighted by atomic mass is 32.2. The number of para-hydroxylation sites is 1. The van der Waals surface area contributed by atoms with E-state index in [4.69, 9.17) is 0 Å². The molecule has 0 aliphatic heterocycles. The number of sulfonamides is 1. The van der Waals surface area contributed by atoms with Crippen LogP contribution in [0.1, 0.15) is 22.8 Å². The van der Waals surface area contributed by atoms with Gasteiger partial charge in [0.2, 0.25) is 5.95 Å². The van der Waals surface area contributed by atoms with Crippen molar-refractivity contribution >= 4 is 27.6 Å². The number of carbonyl (C=O) groups excluding carboxylic acids is 1. The van der Waals surface area contributed by atoms with Crippen molar-refractivity contribution < 1.29 is 13.2 Å². The standard InChI is InChI=1S/C24H23N5O3S/c1-2-29(21-13-7-4-8-14-21)33(31,32)22-15-9-12-20(16-22)23(30)26-24-25-18-28(27-24)17-19-10-5-3-6-11-19/h3-16,18H,2,17H2,1H3,(H,26,27,30). The molecule has 0 spiro atoms. The van der Waals surface area contributed by atoms with Crippen LogP contribution in [0.5, 0.6) is 0 Å². The van der Waals surface area contributed by atoms with E-state index in [-0.39, 0.29) is 23.0 Å². The highest BCUT2D eigenvalue weighted by Crippen LogP contribution is 2.24. The number of hydrogen-bond donors (Lipinski definition) is 1. The van der Waals surface area contributed by atoms with Gasteiger partial charge >= 0.3 is 0 Å². The molecule has 0 saturated carbocycles. The molecule has 1 amide bonds. The minimum atomic E-state index is -3.85. The van der Waals surface area contributed by atoms with Crippen LogP contribution in [0.15, 0.2) is 96.2 Å². The van der Waals surface area contributed by atoms with Crippen LogP contribution in [0, 0.1) is 0 Å². The van der Waals surface area contributed by atoms with Gasteiger partial charge in [0, 0.05) is 12.1 Å². The summed E-state index contributed by atoms with van der Waals surface area (Å²) in [5, 5.41) is 6.90. The van der Waals surface area contributed by atoms with Crippen LogP contribution in [-0.4, -0.2) is 35.6 Å². The lowest BCUT2D eigenvalue weighted by Gasteiger charge is -2.23. The van der Waals surface area contributed by atoms with Gasteiger partial charge in [-0.05, 0) is 42.8 Å². The SMILES string of the molecule is CCN(c1ccccc1)S(=O)(=O)c1cccc(C(=O)Nc2ncn(Cc3ccccc3)n2)c1. The van der Waals surface area contributed by atoms with Gasteiger partial charge in [-0.15, -0.1) is 5.10 Å². The first kappa shape index (κ1) is 22.2. The van der Waals surface area contributed by atoms with Crippen LogP contribution in [0.3, 0.4) is 0 Å². The lowest BCUT2D eigenvalue weighted by Crippen LogP contribution is -2.31. The predicted molar refractivity (Wildman–Crippen MR) is 127 cm³/mol. The van der Waals surface area contributed by atoms with Crippen LogP contribution in [0.4, 0.5) is 11.6 Å². The van der Waals surface area contributed by atoms with Crippen molar-refractivity contribution in [2.45, 2.75) is 18.4 Å². The first-order valence-corrected chi connectivity index (χ1v) is 11.8. The van der Waals surface area contributed by atoms with Crippen LogP contribution >= 0.6 is 0 Å². The van der Waals surface area contributed by atoms with E-state index in [1.807, 2.05) is 36.4 Å².